The molecule has 1 aromatic rings. The highest BCUT2D eigenvalue weighted by atomic mass is 16.2. The Morgan fingerprint density at radius 3 is 2.77 bits per heavy atom. The zero-order valence-electron chi connectivity index (χ0n) is 15.3. The minimum atomic E-state index is -0.517. The SMILES string of the molecule is CC(C)[C@H](C(=O)N1CC(C)(C#N)C1)N1Cc2ccnc3c2C(=CC3)C1=O. The monoisotopic (exact) mass is 350 g/mol. The number of pyridine rings is 1. The maximum atomic E-state index is 13.1. The topological polar surface area (TPSA) is 77.3 Å². The van der Waals surface area contributed by atoms with Crippen LogP contribution in [0.1, 0.15) is 37.6 Å². The van der Waals surface area contributed by atoms with Crippen molar-refractivity contribution in [1.29, 1.82) is 5.26 Å². The van der Waals surface area contributed by atoms with E-state index in [-0.39, 0.29) is 17.7 Å². The van der Waals surface area contributed by atoms with Gasteiger partial charge in [-0.3, -0.25) is 14.6 Å². The van der Waals surface area contributed by atoms with Crippen LogP contribution in [0, 0.1) is 22.7 Å². The van der Waals surface area contributed by atoms with Crippen molar-refractivity contribution in [1.82, 2.24) is 14.8 Å². The molecule has 1 aliphatic carbocycles. The molecule has 3 heterocycles. The minimum absolute atomic E-state index is 0.00903. The molecule has 26 heavy (non-hydrogen) atoms. The molecule has 0 bridgehead atoms. The number of carbonyl (C=O) groups is 2. The van der Waals surface area contributed by atoms with Gasteiger partial charge in [-0.1, -0.05) is 19.9 Å². The van der Waals surface area contributed by atoms with E-state index in [1.165, 1.54) is 0 Å². The second-order valence-electron chi connectivity index (χ2n) is 8.10. The lowest BCUT2D eigenvalue weighted by atomic mass is 9.82. The third-order valence-corrected chi connectivity index (χ3v) is 5.60. The van der Waals surface area contributed by atoms with Crippen LogP contribution in [0.25, 0.3) is 5.57 Å². The largest absolute Gasteiger partial charge is 0.338 e. The number of hydrogen-bond acceptors (Lipinski definition) is 4. The number of aromatic nitrogens is 1. The van der Waals surface area contributed by atoms with Crippen LogP contribution in [0.3, 0.4) is 0 Å². The molecular formula is C20H22N4O2. The predicted octanol–water partition coefficient (Wildman–Crippen LogP) is 1.76. The molecule has 0 radical (unpaired) electrons. The third-order valence-electron chi connectivity index (χ3n) is 5.60. The highest BCUT2D eigenvalue weighted by Crippen LogP contribution is 2.38. The van der Waals surface area contributed by atoms with Crippen molar-refractivity contribution < 1.29 is 9.59 Å². The van der Waals surface area contributed by atoms with Gasteiger partial charge in [0.15, 0.2) is 0 Å². The first-order valence-corrected chi connectivity index (χ1v) is 9.03. The average molecular weight is 350 g/mol. The van der Waals surface area contributed by atoms with E-state index in [0.717, 1.165) is 16.8 Å². The molecule has 6 nitrogen and oxygen atoms in total. The Hall–Kier alpha value is -2.68. The predicted molar refractivity (Wildman–Crippen MR) is 95.4 cm³/mol. The highest BCUT2D eigenvalue weighted by Gasteiger charge is 2.47. The Morgan fingerprint density at radius 1 is 1.38 bits per heavy atom. The van der Waals surface area contributed by atoms with Crippen LogP contribution in [-0.4, -0.2) is 45.7 Å². The first-order chi connectivity index (χ1) is 12.3. The van der Waals surface area contributed by atoms with Gasteiger partial charge in [0.05, 0.1) is 17.2 Å². The molecule has 4 rings (SSSR count). The molecule has 1 atom stereocenters. The number of likely N-dealkylation sites (tertiary alicyclic amines) is 1. The Morgan fingerprint density at radius 2 is 2.12 bits per heavy atom. The maximum absolute atomic E-state index is 13.1. The van der Waals surface area contributed by atoms with Crippen molar-refractivity contribution in [3.05, 3.63) is 35.2 Å². The standard InChI is InChI=1S/C20H22N4O2/c1-12(2)17(19(26)23-10-20(3,9-21)11-23)24-8-13-6-7-22-15-5-4-14(16(13)15)18(24)25/h4,6-7,12,17H,5,8,10-11H2,1-3H3/t17-/m1/s1. The Balaban J connectivity index is 1.64. The number of nitriles is 1. The fourth-order valence-corrected chi connectivity index (χ4v) is 4.28. The van der Waals surface area contributed by atoms with Gasteiger partial charge in [-0.05, 0) is 24.5 Å². The van der Waals surface area contributed by atoms with Crippen molar-refractivity contribution in [2.45, 2.75) is 39.8 Å². The minimum Gasteiger partial charge on any atom is -0.338 e. The molecule has 0 aromatic carbocycles. The van der Waals surface area contributed by atoms with E-state index in [1.54, 1.807) is 16.0 Å². The van der Waals surface area contributed by atoms with Gasteiger partial charge in [-0.2, -0.15) is 5.26 Å². The second kappa shape index (κ2) is 5.66. The maximum Gasteiger partial charge on any atom is 0.255 e. The average Bonchev–Trinajstić information content (AvgIpc) is 3.02. The molecule has 0 unspecified atom stereocenters. The third kappa shape index (κ3) is 2.34. The molecule has 6 heteroatoms. The summed E-state index contributed by atoms with van der Waals surface area (Å²) in [5, 5.41) is 9.20. The summed E-state index contributed by atoms with van der Waals surface area (Å²) in [6.07, 6.45) is 4.37. The van der Waals surface area contributed by atoms with Crippen molar-refractivity contribution in [3.63, 3.8) is 0 Å². The summed E-state index contributed by atoms with van der Waals surface area (Å²) in [5.41, 5.74) is 3.18. The second-order valence-corrected chi connectivity index (χ2v) is 8.10. The summed E-state index contributed by atoms with van der Waals surface area (Å²) in [6, 6.07) is 3.69. The molecule has 134 valence electrons. The highest BCUT2D eigenvalue weighted by molar-refractivity contribution is 6.23. The number of carbonyl (C=O) groups excluding carboxylic acids is 2. The fraction of sp³-hybridized carbons (Fsp3) is 0.500. The lowest BCUT2D eigenvalue weighted by molar-refractivity contribution is -0.152. The first kappa shape index (κ1) is 16.8. The first-order valence-electron chi connectivity index (χ1n) is 9.03. The Labute approximate surface area is 153 Å². The molecule has 2 aliphatic heterocycles. The molecule has 3 aliphatic rings. The zero-order chi connectivity index (χ0) is 18.6. The van der Waals surface area contributed by atoms with E-state index in [0.29, 0.717) is 31.6 Å². The molecule has 2 amide bonds. The molecule has 1 fully saturated rings. The number of hydrogen-bond donors (Lipinski definition) is 0. The molecule has 1 aromatic heterocycles. The van der Waals surface area contributed by atoms with E-state index < -0.39 is 11.5 Å². The number of nitrogens with zero attached hydrogens (tertiary/aromatic N) is 4. The van der Waals surface area contributed by atoms with Gasteiger partial charge in [0, 0.05) is 43.4 Å². The lowest BCUT2D eigenvalue weighted by Crippen LogP contribution is -2.62. The quantitative estimate of drug-likeness (QED) is 0.832. The van der Waals surface area contributed by atoms with Crippen molar-refractivity contribution >= 4 is 17.4 Å². The summed E-state index contributed by atoms with van der Waals surface area (Å²) in [4.78, 5) is 34.0. The number of rotatable bonds is 3. The van der Waals surface area contributed by atoms with Gasteiger partial charge in [0.2, 0.25) is 5.91 Å². The van der Waals surface area contributed by atoms with Crippen LogP contribution < -0.4 is 0 Å². The van der Waals surface area contributed by atoms with Crippen molar-refractivity contribution in [2.24, 2.45) is 11.3 Å². The van der Waals surface area contributed by atoms with Gasteiger partial charge in [0.25, 0.3) is 5.91 Å². The summed E-state index contributed by atoms with van der Waals surface area (Å²) >= 11 is 0. The smallest absolute Gasteiger partial charge is 0.255 e. The molecule has 0 spiro atoms. The van der Waals surface area contributed by atoms with Gasteiger partial charge >= 0.3 is 0 Å². The van der Waals surface area contributed by atoms with Crippen molar-refractivity contribution in [3.8, 4) is 6.07 Å². The molecule has 0 saturated carbocycles. The molecule has 1 saturated heterocycles. The van der Waals surface area contributed by atoms with Crippen LogP contribution in [0.15, 0.2) is 18.3 Å². The van der Waals surface area contributed by atoms with E-state index in [2.05, 4.69) is 11.1 Å². The lowest BCUT2D eigenvalue weighted by Gasteiger charge is -2.47. The summed E-state index contributed by atoms with van der Waals surface area (Å²) in [5.74, 6) is -0.150. The van der Waals surface area contributed by atoms with E-state index >= 15 is 0 Å². The van der Waals surface area contributed by atoms with Crippen LogP contribution in [0.4, 0.5) is 0 Å². The van der Waals surface area contributed by atoms with E-state index in [4.69, 9.17) is 0 Å². The van der Waals surface area contributed by atoms with Gasteiger partial charge in [-0.15, -0.1) is 0 Å². The van der Waals surface area contributed by atoms with Gasteiger partial charge < -0.3 is 9.80 Å². The number of allylic oxidation sites excluding steroid dienone is 1. The fourth-order valence-electron chi connectivity index (χ4n) is 4.28. The summed E-state index contributed by atoms with van der Waals surface area (Å²) in [6.45, 7) is 7.09. The zero-order valence-corrected chi connectivity index (χ0v) is 15.3. The molecule has 0 N–H and O–H groups in total. The van der Waals surface area contributed by atoms with Gasteiger partial charge in [0.1, 0.15) is 6.04 Å². The Bertz CT molecular complexity index is 874. The normalized spacial score (nSPS) is 21.0. The number of amides is 2. The van der Waals surface area contributed by atoms with Crippen LogP contribution in [0.2, 0.25) is 0 Å². The van der Waals surface area contributed by atoms with Crippen LogP contribution in [-0.2, 0) is 22.6 Å². The van der Waals surface area contributed by atoms with Crippen molar-refractivity contribution in [2.75, 3.05) is 13.1 Å². The summed E-state index contributed by atoms with van der Waals surface area (Å²) in [7, 11) is 0. The van der Waals surface area contributed by atoms with E-state index in [1.807, 2.05) is 32.9 Å². The molecular weight excluding hydrogens is 328 g/mol. The van der Waals surface area contributed by atoms with Gasteiger partial charge in [-0.25, -0.2) is 0 Å². The Kier molecular flexibility index (Phi) is 3.65. The van der Waals surface area contributed by atoms with Crippen LogP contribution in [0.5, 0.6) is 0 Å². The van der Waals surface area contributed by atoms with Crippen LogP contribution >= 0.6 is 0 Å². The summed E-state index contributed by atoms with van der Waals surface area (Å²) < 4.78 is 0. The van der Waals surface area contributed by atoms with E-state index in [9.17, 15) is 14.9 Å².